The Morgan fingerprint density at radius 3 is 2.88 bits per heavy atom. The molecular weight excluding hydrogens is 304 g/mol. The first-order chi connectivity index (χ1) is 7.74. The molecule has 2 heterocycles. The molecule has 0 saturated carbocycles. The van der Waals surface area contributed by atoms with E-state index in [2.05, 4.69) is 39.6 Å². The van der Waals surface area contributed by atoms with Gasteiger partial charge in [0.05, 0.1) is 10.6 Å². The Hall–Kier alpha value is -0.230. The molecule has 16 heavy (non-hydrogen) atoms. The van der Waals surface area contributed by atoms with Crippen LogP contribution >= 0.6 is 38.6 Å². The zero-order chi connectivity index (χ0) is 11.5. The van der Waals surface area contributed by atoms with Crippen molar-refractivity contribution in [2.45, 2.75) is 19.9 Å². The molecule has 0 spiro atoms. The number of halogens is 1. The molecule has 0 aliphatic heterocycles. The smallest absolute Gasteiger partial charge is 0.133 e. The highest BCUT2D eigenvalue weighted by Crippen LogP contribution is 2.34. The lowest BCUT2D eigenvalue weighted by Crippen LogP contribution is -2.05. The van der Waals surface area contributed by atoms with E-state index in [1.165, 1.54) is 15.4 Å². The van der Waals surface area contributed by atoms with Gasteiger partial charge in [-0.05, 0) is 35.5 Å². The van der Waals surface area contributed by atoms with E-state index in [1.54, 1.807) is 22.7 Å². The molecule has 0 saturated heterocycles. The maximum atomic E-state index is 4.70. The fourth-order valence-corrected chi connectivity index (χ4v) is 4.14. The average molecular weight is 317 g/mol. The van der Waals surface area contributed by atoms with Gasteiger partial charge in [0.1, 0.15) is 5.01 Å². The quantitative estimate of drug-likeness (QED) is 0.924. The van der Waals surface area contributed by atoms with Crippen molar-refractivity contribution in [2.24, 2.45) is 0 Å². The minimum Gasteiger partial charge on any atom is -0.315 e. The first-order valence-corrected chi connectivity index (χ1v) is 7.61. The molecule has 2 aromatic heterocycles. The lowest BCUT2D eigenvalue weighted by molar-refractivity contribution is 0.815. The average Bonchev–Trinajstić information content (AvgIpc) is 2.85. The van der Waals surface area contributed by atoms with Crippen LogP contribution in [0.2, 0.25) is 0 Å². The molecule has 0 radical (unpaired) electrons. The Morgan fingerprint density at radius 2 is 2.31 bits per heavy atom. The van der Waals surface area contributed by atoms with Crippen LogP contribution in [0.5, 0.6) is 0 Å². The summed E-state index contributed by atoms with van der Waals surface area (Å²) in [4.78, 5) is 7.29. The predicted molar refractivity (Wildman–Crippen MR) is 75.3 cm³/mol. The summed E-state index contributed by atoms with van der Waals surface area (Å²) < 4.78 is 1.14. The fourth-order valence-electron chi connectivity index (χ4n) is 1.49. The summed E-state index contributed by atoms with van der Waals surface area (Å²) in [5.74, 6) is 0. The van der Waals surface area contributed by atoms with E-state index in [4.69, 9.17) is 4.98 Å². The van der Waals surface area contributed by atoms with Crippen LogP contribution in [0.25, 0.3) is 9.88 Å². The summed E-state index contributed by atoms with van der Waals surface area (Å²) in [6, 6.07) is 2.13. The molecule has 0 amide bonds. The Labute approximate surface area is 112 Å². The van der Waals surface area contributed by atoms with Gasteiger partial charge in [0.2, 0.25) is 0 Å². The van der Waals surface area contributed by atoms with Crippen molar-refractivity contribution < 1.29 is 0 Å². The second-order valence-corrected chi connectivity index (χ2v) is 6.31. The molecular formula is C11H13BrN2S2. The van der Waals surface area contributed by atoms with E-state index < -0.39 is 0 Å². The number of aromatic nitrogens is 1. The lowest BCUT2D eigenvalue weighted by atomic mass is 10.3. The van der Waals surface area contributed by atoms with Crippen LogP contribution in [-0.4, -0.2) is 12.0 Å². The monoisotopic (exact) mass is 316 g/mol. The van der Waals surface area contributed by atoms with E-state index in [0.29, 0.717) is 0 Å². The van der Waals surface area contributed by atoms with E-state index in [1.807, 2.05) is 7.05 Å². The third kappa shape index (κ3) is 2.53. The van der Waals surface area contributed by atoms with E-state index in [0.717, 1.165) is 22.4 Å². The maximum absolute atomic E-state index is 4.70. The summed E-state index contributed by atoms with van der Waals surface area (Å²) in [6.07, 6.45) is 1.00. The molecule has 0 bridgehead atoms. The summed E-state index contributed by atoms with van der Waals surface area (Å²) in [5, 5.41) is 6.43. The van der Waals surface area contributed by atoms with Gasteiger partial charge in [0, 0.05) is 21.3 Å². The highest BCUT2D eigenvalue weighted by molar-refractivity contribution is 9.10. The topological polar surface area (TPSA) is 24.9 Å². The SMILES string of the molecule is CCc1nc(-c2cc(Br)cs2)sc1CNC. The summed E-state index contributed by atoms with van der Waals surface area (Å²) >= 11 is 7.00. The number of aryl methyl sites for hydroxylation is 1. The van der Waals surface area contributed by atoms with E-state index >= 15 is 0 Å². The molecule has 2 aromatic rings. The molecule has 86 valence electrons. The summed E-state index contributed by atoms with van der Waals surface area (Å²) in [7, 11) is 1.97. The number of nitrogens with one attached hydrogen (secondary N) is 1. The van der Waals surface area contributed by atoms with Gasteiger partial charge in [-0.3, -0.25) is 0 Å². The standard InChI is InChI=1S/C11H13BrN2S2/c1-3-8-10(5-13-2)16-11(14-8)9-4-7(12)6-15-9/h4,6,13H,3,5H2,1-2H3. The van der Waals surface area contributed by atoms with Crippen LogP contribution < -0.4 is 5.32 Å². The Bertz CT molecular complexity index is 476. The lowest BCUT2D eigenvalue weighted by Gasteiger charge is -1.96. The van der Waals surface area contributed by atoms with Crippen molar-refractivity contribution >= 4 is 38.6 Å². The van der Waals surface area contributed by atoms with Gasteiger partial charge >= 0.3 is 0 Å². The molecule has 0 aliphatic carbocycles. The molecule has 0 aliphatic rings. The molecule has 0 aromatic carbocycles. The van der Waals surface area contributed by atoms with Crippen molar-refractivity contribution in [2.75, 3.05) is 7.05 Å². The number of rotatable bonds is 4. The van der Waals surface area contributed by atoms with Gasteiger partial charge in [-0.2, -0.15) is 0 Å². The first-order valence-electron chi connectivity index (χ1n) is 5.12. The van der Waals surface area contributed by atoms with E-state index in [9.17, 15) is 0 Å². The van der Waals surface area contributed by atoms with Gasteiger partial charge in [0.15, 0.2) is 0 Å². The number of thiazole rings is 1. The molecule has 2 nitrogen and oxygen atoms in total. The van der Waals surface area contributed by atoms with Crippen LogP contribution in [-0.2, 0) is 13.0 Å². The highest BCUT2D eigenvalue weighted by atomic mass is 79.9. The molecule has 2 rings (SSSR count). The van der Waals surface area contributed by atoms with Gasteiger partial charge < -0.3 is 5.32 Å². The Morgan fingerprint density at radius 1 is 1.50 bits per heavy atom. The van der Waals surface area contributed by atoms with Crippen molar-refractivity contribution in [1.29, 1.82) is 0 Å². The summed E-state index contributed by atoms with van der Waals surface area (Å²) in [5.41, 5.74) is 1.22. The first kappa shape index (κ1) is 12.2. The minimum atomic E-state index is 0.910. The second-order valence-electron chi connectivity index (χ2n) is 3.40. The highest BCUT2D eigenvalue weighted by Gasteiger charge is 2.11. The zero-order valence-electron chi connectivity index (χ0n) is 9.21. The van der Waals surface area contributed by atoms with Crippen LogP contribution in [0.15, 0.2) is 15.9 Å². The maximum Gasteiger partial charge on any atom is 0.133 e. The van der Waals surface area contributed by atoms with Crippen LogP contribution in [0.1, 0.15) is 17.5 Å². The van der Waals surface area contributed by atoms with Gasteiger partial charge in [-0.25, -0.2) is 4.98 Å². The zero-order valence-corrected chi connectivity index (χ0v) is 12.4. The molecule has 5 heteroatoms. The van der Waals surface area contributed by atoms with Gasteiger partial charge in [-0.15, -0.1) is 22.7 Å². The normalized spacial score (nSPS) is 10.9. The van der Waals surface area contributed by atoms with Crippen molar-refractivity contribution in [1.82, 2.24) is 10.3 Å². The molecule has 0 fully saturated rings. The molecule has 1 N–H and O–H groups in total. The van der Waals surface area contributed by atoms with Gasteiger partial charge in [-0.1, -0.05) is 6.92 Å². The Kier molecular flexibility index (Phi) is 4.13. The molecule has 0 atom stereocenters. The largest absolute Gasteiger partial charge is 0.315 e. The van der Waals surface area contributed by atoms with Crippen molar-refractivity contribution in [3.05, 3.63) is 26.5 Å². The van der Waals surface area contributed by atoms with Crippen LogP contribution in [0, 0.1) is 0 Å². The minimum absolute atomic E-state index is 0.910. The van der Waals surface area contributed by atoms with E-state index in [-0.39, 0.29) is 0 Å². The second kappa shape index (κ2) is 5.40. The molecule has 0 unspecified atom stereocenters. The number of hydrogen-bond acceptors (Lipinski definition) is 4. The van der Waals surface area contributed by atoms with Crippen molar-refractivity contribution in [3.8, 4) is 9.88 Å². The van der Waals surface area contributed by atoms with Crippen LogP contribution in [0.4, 0.5) is 0 Å². The number of hydrogen-bond donors (Lipinski definition) is 1. The third-order valence-electron chi connectivity index (χ3n) is 2.23. The fraction of sp³-hybridized carbons (Fsp3) is 0.364. The third-order valence-corrected chi connectivity index (χ3v) is 5.19. The summed E-state index contributed by atoms with van der Waals surface area (Å²) in [6.45, 7) is 3.07. The Balaban J connectivity index is 2.35. The predicted octanol–water partition coefficient (Wildman–Crippen LogP) is 3.92. The number of thiophene rings is 1. The van der Waals surface area contributed by atoms with Crippen LogP contribution in [0.3, 0.4) is 0 Å². The number of nitrogens with zero attached hydrogens (tertiary/aromatic N) is 1. The van der Waals surface area contributed by atoms with Crippen molar-refractivity contribution in [3.63, 3.8) is 0 Å². The van der Waals surface area contributed by atoms with Gasteiger partial charge in [0.25, 0.3) is 0 Å².